The smallest absolute Gasteiger partial charge is 0.0776 e. The highest BCUT2D eigenvalue weighted by molar-refractivity contribution is 6.88. The highest BCUT2D eigenvalue weighted by Crippen LogP contribution is 2.51. The molecule has 0 N–H and O–H groups in total. The van der Waals surface area contributed by atoms with Crippen molar-refractivity contribution in [1.82, 2.24) is 4.98 Å². The Morgan fingerprint density at radius 1 is 0.833 bits per heavy atom. The van der Waals surface area contributed by atoms with Gasteiger partial charge in [-0.1, -0.05) is 81.1 Å². The van der Waals surface area contributed by atoms with Crippen LogP contribution in [0.15, 0.2) is 66.9 Å². The van der Waals surface area contributed by atoms with Crippen molar-refractivity contribution in [2.24, 2.45) is 0 Å². The number of hydrogen-bond acceptors (Lipinski definition) is 1. The molecule has 2 heteroatoms. The monoisotopic (exact) mass is 407 g/mol. The van der Waals surface area contributed by atoms with Crippen molar-refractivity contribution in [3.63, 3.8) is 0 Å². The first-order valence-corrected chi connectivity index (χ1v) is 14.3. The third-order valence-corrected chi connectivity index (χ3v) is 8.81. The summed E-state index contributed by atoms with van der Waals surface area (Å²) in [7, 11) is -1.37. The van der Waals surface area contributed by atoms with E-state index in [1.807, 2.05) is 6.20 Å². The molecule has 0 saturated heterocycles. The number of aryl methyl sites for hydroxylation is 1. The first-order chi connectivity index (χ1) is 14.2. The molecule has 1 nitrogen and oxygen atoms in total. The van der Waals surface area contributed by atoms with Crippen LogP contribution in [0, 0.1) is 6.92 Å². The molecule has 0 bridgehead atoms. The summed E-state index contributed by atoms with van der Waals surface area (Å²) in [6.07, 6.45) is 1.98. The maximum absolute atomic E-state index is 4.93. The number of pyridine rings is 1. The molecule has 0 radical (unpaired) electrons. The molecule has 0 spiro atoms. The van der Waals surface area contributed by atoms with Gasteiger partial charge in [0.25, 0.3) is 0 Å². The van der Waals surface area contributed by atoms with E-state index in [1.165, 1.54) is 49.3 Å². The predicted octanol–water partition coefficient (Wildman–Crippen LogP) is 7.06. The fourth-order valence-corrected chi connectivity index (χ4v) is 6.23. The molecule has 0 unspecified atom stereocenters. The van der Waals surface area contributed by atoms with Crippen molar-refractivity contribution in [3.05, 3.63) is 83.6 Å². The lowest BCUT2D eigenvalue weighted by Gasteiger charge is -2.26. The van der Waals surface area contributed by atoms with Gasteiger partial charge < -0.3 is 0 Å². The zero-order valence-electron chi connectivity index (χ0n) is 18.8. The molecule has 4 aromatic rings. The van der Waals surface area contributed by atoms with Crippen molar-refractivity contribution in [2.45, 2.75) is 45.8 Å². The van der Waals surface area contributed by atoms with Crippen LogP contribution in [-0.2, 0) is 5.41 Å². The van der Waals surface area contributed by atoms with Crippen molar-refractivity contribution in [1.29, 1.82) is 0 Å². The van der Waals surface area contributed by atoms with E-state index in [-0.39, 0.29) is 5.41 Å². The van der Waals surface area contributed by atoms with Gasteiger partial charge in [0.05, 0.1) is 13.8 Å². The lowest BCUT2D eigenvalue weighted by Crippen LogP contribution is -2.38. The molecule has 0 atom stereocenters. The van der Waals surface area contributed by atoms with Crippen molar-refractivity contribution >= 4 is 24.0 Å². The van der Waals surface area contributed by atoms with E-state index in [0.717, 1.165) is 5.69 Å². The van der Waals surface area contributed by atoms with E-state index in [4.69, 9.17) is 4.98 Å². The number of rotatable bonds is 2. The molecule has 5 rings (SSSR count). The Morgan fingerprint density at radius 2 is 1.60 bits per heavy atom. The highest BCUT2D eigenvalue weighted by atomic mass is 28.3. The van der Waals surface area contributed by atoms with E-state index in [9.17, 15) is 0 Å². The van der Waals surface area contributed by atoms with E-state index in [2.05, 4.69) is 101 Å². The number of fused-ring (bicyclic) bond motifs is 4. The van der Waals surface area contributed by atoms with Gasteiger partial charge in [0.2, 0.25) is 0 Å². The van der Waals surface area contributed by atoms with Gasteiger partial charge in [-0.3, -0.25) is 4.98 Å². The summed E-state index contributed by atoms with van der Waals surface area (Å²) < 4.78 is 0. The summed E-state index contributed by atoms with van der Waals surface area (Å²) in [5.74, 6) is 0. The standard InChI is InChI=1S/C28H29NSi/c1-18-15-20(16-19-9-7-8-10-22(18)19)27-26-24(13-14-29-27)23-12-11-21(30(4,5)6)17-25(23)28(26,2)3/h7-17H,1-6H3. The maximum atomic E-state index is 4.93. The quantitative estimate of drug-likeness (QED) is 0.324. The summed E-state index contributed by atoms with van der Waals surface area (Å²) >= 11 is 0. The molecular weight excluding hydrogens is 378 g/mol. The van der Waals surface area contributed by atoms with Crippen LogP contribution >= 0.6 is 0 Å². The Labute approximate surface area is 180 Å². The third-order valence-electron chi connectivity index (χ3n) is 6.77. The molecule has 3 aromatic carbocycles. The Morgan fingerprint density at radius 3 is 2.37 bits per heavy atom. The van der Waals surface area contributed by atoms with Crippen molar-refractivity contribution in [3.8, 4) is 22.4 Å². The Balaban J connectivity index is 1.76. The minimum Gasteiger partial charge on any atom is -0.256 e. The number of nitrogens with zero attached hydrogens (tertiary/aromatic N) is 1. The molecule has 1 aromatic heterocycles. The molecule has 150 valence electrons. The van der Waals surface area contributed by atoms with Gasteiger partial charge >= 0.3 is 0 Å². The van der Waals surface area contributed by atoms with Crippen LogP contribution in [0.1, 0.15) is 30.5 Å². The zero-order valence-corrected chi connectivity index (χ0v) is 19.8. The van der Waals surface area contributed by atoms with Crippen LogP contribution in [0.5, 0.6) is 0 Å². The second-order valence-corrected chi connectivity index (χ2v) is 15.3. The lowest BCUT2D eigenvalue weighted by molar-refractivity contribution is 0.660. The van der Waals surface area contributed by atoms with Crippen LogP contribution in [0.4, 0.5) is 0 Å². The summed E-state index contributed by atoms with van der Waals surface area (Å²) in [5.41, 5.74) is 9.10. The largest absolute Gasteiger partial charge is 0.256 e. The highest BCUT2D eigenvalue weighted by Gasteiger charge is 2.39. The van der Waals surface area contributed by atoms with Gasteiger partial charge in [-0.2, -0.15) is 0 Å². The Kier molecular flexibility index (Phi) is 4.10. The van der Waals surface area contributed by atoms with E-state index < -0.39 is 8.07 Å². The SMILES string of the molecule is Cc1cc(-c2nccc3c2C(C)(C)c2cc([Si](C)(C)C)ccc2-3)cc2ccccc12. The molecule has 0 amide bonds. The van der Waals surface area contributed by atoms with Gasteiger partial charge in [-0.15, -0.1) is 0 Å². The second kappa shape index (κ2) is 6.39. The van der Waals surface area contributed by atoms with Crippen LogP contribution in [-0.4, -0.2) is 13.1 Å². The minimum absolute atomic E-state index is 0.0660. The van der Waals surface area contributed by atoms with Gasteiger partial charge in [0.1, 0.15) is 0 Å². The molecule has 1 heterocycles. The Bertz CT molecular complexity index is 1310. The average molecular weight is 408 g/mol. The van der Waals surface area contributed by atoms with Gasteiger partial charge in [0.15, 0.2) is 0 Å². The molecular formula is C28H29NSi. The Hall–Kier alpha value is -2.71. The number of aromatic nitrogens is 1. The summed E-state index contributed by atoms with van der Waals surface area (Å²) in [5, 5.41) is 4.12. The molecule has 0 fully saturated rings. The molecule has 1 aliphatic carbocycles. The number of benzene rings is 3. The van der Waals surface area contributed by atoms with Crippen molar-refractivity contribution < 1.29 is 0 Å². The van der Waals surface area contributed by atoms with Gasteiger partial charge in [0, 0.05) is 17.2 Å². The van der Waals surface area contributed by atoms with Gasteiger partial charge in [-0.25, -0.2) is 0 Å². The summed E-state index contributed by atoms with van der Waals surface area (Å²) in [6, 6.07) is 22.6. The molecule has 1 aliphatic rings. The minimum atomic E-state index is -1.37. The first kappa shape index (κ1) is 19.3. The fourth-order valence-electron chi connectivity index (χ4n) is 5.07. The zero-order chi connectivity index (χ0) is 21.3. The number of hydrogen-bond donors (Lipinski definition) is 0. The summed E-state index contributed by atoms with van der Waals surface area (Å²) in [4.78, 5) is 4.93. The van der Waals surface area contributed by atoms with E-state index in [0.29, 0.717) is 0 Å². The van der Waals surface area contributed by atoms with Crippen molar-refractivity contribution in [2.75, 3.05) is 0 Å². The van der Waals surface area contributed by atoms with E-state index >= 15 is 0 Å². The maximum Gasteiger partial charge on any atom is 0.0776 e. The van der Waals surface area contributed by atoms with Crippen LogP contribution in [0.2, 0.25) is 19.6 Å². The summed E-state index contributed by atoms with van der Waals surface area (Å²) in [6.45, 7) is 14.2. The van der Waals surface area contributed by atoms with Crippen LogP contribution in [0.3, 0.4) is 0 Å². The van der Waals surface area contributed by atoms with Gasteiger partial charge in [-0.05, 0) is 63.7 Å². The van der Waals surface area contributed by atoms with Crippen LogP contribution < -0.4 is 5.19 Å². The average Bonchev–Trinajstić information content (AvgIpc) is 2.94. The van der Waals surface area contributed by atoms with E-state index in [1.54, 1.807) is 0 Å². The molecule has 0 saturated carbocycles. The first-order valence-electron chi connectivity index (χ1n) is 10.8. The topological polar surface area (TPSA) is 12.9 Å². The fraction of sp³-hybridized carbons (Fsp3) is 0.250. The predicted molar refractivity (Wildman–Crippen MR) is 132 cm³/mol. The molecule has 30 heavy (non-hydrogen) atoms. The second-order valence-electron chi connectivity index (χ2n) is 10.2. The normalized spacial score (nSPS) is 14.6. The van der Waals surface area contributed by atoms with Crippen LogP contribution in [0.25, 0.3) is 33.2 Å². The third kappa shape index (κ3) is 2.78. The molecule has 0 aliphatic heterocycles. The lowest BCUT2D eigenvalue weighted by atomic mass is 9.80.